The summed E-state index contributed by atoms with van der Waals surface area (Å²) < 4.78 is 6.02. The molecule has 7 unspecified atom stereocenters. The number of ketones is 1. The van der Waals surface area contributed by atoms with Gasteiger partial charge in [-0.1, -0.05) is 46.1 Å². The van der Waals surface area contributed by atoms with Crippen molar-refractivity contribution in [3.05, 3.63) is 11.6 Å². The standard InChI is InChI=1S/C26H41NO3/c1-5-6-7-14-27-24(29)30-22-9-8-20-23-17(2)15-18-16-19(28)10-12-25(18,3)21(23)11-13-26(20,22)4/h16-17,20-23H,5-15H2,1-4H3,(H,27,29). The summed E-state index contributed by atoms with van der Waals surface area (Å²) in [6, 6.07) is 0. The Hall–Kier alpha value is -1.32. The van der Waals surface area contributed by atoms with Crippen LogP contribution in [0.4, 0.5) is 4.79 Å². The van der Waals surface area contributed by atoms with Gasteiger partial charge in [-0.25, -0.2) is 4.79 Å². The van der Waals surface area contributed by atoms with Crippen LogP contribution >= 0.6 is 0 Å². The number of allylic oxidation sites excluding steroid dienone is 1. The lowest BCUT2D eigenvalue weighted by molar-refractivity contribution is -0.119. The molecule has 4 nitrogen and oxygen atoms in total. The Kier molecular flexibility index (Phi) is 6.07. The highest BCUT2D eigenvalue weighted by Gasteiger charge is 2.61. The monoisotopic (exact) mass is 415 g/mol. The van der Waals surface area contributed by atoms with Crippen LogP contribution in [-0.4, -0.2) is 24.5 Å². The molecule has 4 aliphatic carbocycles. The molecule has 1 N–H and O–H groups in total. The van der Waals surface area contributed by atoms with Crippen LogP contribution in [0.5, 0.6) is 0 Å². The highest BCUT2D eigenvalue weighted by Crippen LogP contribution is 2.66. The van der Waals surface area contributed by atoms with Gasteiger partial charge in [0.15, 0.2) is 5.78 Å². The van der Waals surface area contributed by atoms with Crippen LogP contribution in [-0.2, 0) is 9.53 Å². The lowest BCUT2D eigenvalue weighted by Gasteiger charge is -2.59. The molecule has 4 heteroatoms. The fraction of sp³-hybridized carbons (Fsp3) is 0.846. The molecule has 0 heterocycles. The number of fused-ring (bicyclic) bond motifs is 5. The normalized spacial score (nSPS) is 42.6. The van der Waals surface area contributed by atoms with Gasteiger partial charge in [-0.3, -0.25) is 4.79 Å². The number of alkyl carbamates (subject to hydrolysis) is 1. The Morgan fingerprint density at radius 2 is 1.97 bits per heavy atom. The van der Waals surface area contributed by atoms with E-state index in [0.717, 1.165) is 44.9 Å². The molecule has 0 aromatic heterocycles. The number of rotatable bonds is 5. The van der Waals surface area contributed by atoms with E-state index in [-0.39, 0.29) is 23.0 Å². The van der Waals surface area contributed by atoms with Crippen LogP contribution in [0.3, 0.4) is 0 Å². The van der Waals surface area contributed by atoms with Crippen molar-refractivity contribution >= 4 is 11.9 Å². The first-order valence-electron chi connectivity index (χ1n) is 12.5. The van der Waals surface area contributed by atoms with E-state index in [1.807, 2.05) is 6.08 Å². The average molecular weight is 416 g/mol. The largest absolute Gasteiger partial charge is 0.446 e. The summed E-state index contributed by atoms with van der Waals surface area (Å²) in [7, 11) is 0. The Labute approximate surface area is 182 Å². The zero-order chi connectivity index (χ0) is 21.5. The van der Waals surface area contributed by atoms with E-state index >= 15 is 0 Å². The Morgan fingerprint density at radius 3 is 2.73 bits per heavy atom. The molecule has 0 aromatic carbocycles. The minimum Gasteiger partial charge on any atom is -0.446 e. The highest BCUT2D eigenvalue weighted by molar-refractivity contribution is 5.91. The Morgan fingerprint density at radius 1 is 1.17 bits per heavy atom. The van der Waals surface area contributed by atoms with E-state index in [4.69, 9.17) is 4.74 Å². The second-order valence-corrected chi connectivity index (χ2v) is 11.2. The summed E-state index contributed by atoms with van der Waals surface area (Å²) in [6.07, 6.45) is 12.4. The zero-order valence-corrected chi connectivity index (χ0v) is 19.5. The van der Waals surface area contributed by atoms with Gasteiger partial charge in [0.2, 0.25) is 0 Å². The summed E-state index contributed by atoms with van der Waals surface area (Å²) in [5, 5.41) is 2.97. The van der Waals surface area contributed by atoms with E-state index in [0.29, 0.717) is 42.4 Å². The SMILES string of the molecule is CCCCCNC(=O)OC1CCC2C3C(C)CC4=CC(=O)CCC4(C)C3CCC12C. The molecule has 0 aromatic rings. The molecule has 168 valence electrons. The number of hydrogen-bond donors (Lipinski definition) is 1. The maximum Gasteiger partial charge on any atom is 0.407 e. The van der Waals surface area contributed by atoms with Gasteiger partial charge in [0.1, 0.15) is 6.10 Å². The first-order valence-corrected chi connectivity index (χ1v) is 12.5. The number of amides is 1. The molecular weight excluding hydrogens is 374 g/mol. The number of carbonyl (C=O) groups excluding carboxylic acids is 2. The summed E-state index contributed by atoms with van der Waals surface area (Å²) >= 11 is 0. The van der Waals surface area contributed by atoms with Crippen LogP contribution in [0.15, 0.2) is 11.6 Å². The molecule has 0 bridgehead atoms. The van der Waals surface area contributed by atoms with E-state index in [2.05, 4.69) is 33.0 Å². The number of unbranched alkanes of at least 4 members (excludes halogenated alkanes) is 2. The first-order chi connectivity index (χ1) is 14.3. The second-order valence-electron chi connectivity index (χ2n) is 11.2. The first kappa shape index (κ1) is 21.9. The van der Waals surface area contributed by atoms with Gasteiger partial charge in [-0.15, -0.1) is 0 Å². The Balaban J connectivity index is 1.47. The van der Waals surface area contributed by atoms with Gasteiger partial charge in [0.05, 0.1) is 0 Å². The van der Waals surface area contributed by atoms with Crippen molar-refractivity contribution in [2.45, 2.75) is 98.0 Å². The third kappa shape index (κ3) is 3.62. The third-order valence-electron chi connectivity index (χ3n) is 9.52. The van der Waals surface area contributed by atoms with Gasteiger partial charge in [-0.05, 0) is 80.1 Å². The van der Waals surface area contributed by atoms with Gasteiger partial charge in [0, 0.05) is 18.4 Å². The number of ether oxygens (including phenoxy) is 1. The molecule has 0 aliphatic heterocycles. The van der Waals surface area contributed by atoms with Gasteiger partial charge in [-0.2, -0.15) is 0 Å². The fourth-order valence-corrected chi connectivity index (χ4v) is 7.79. The fourth-order valence-electron chi connectivity index (χ4n) is 7.79. The van der Waals surface area contributed by atoms with E-state index in [9.17, 15) is 9.59 Å². The number of nitrogens with one attached hydrogen (secondary N) is 1. The smallest absolute Gasteiger partial charge is 0.407 e. The predicted molar refractivity (Wildman–Crippen MR) is 119 cm³/mol. The lowest BCUT2D eigenvalue weighted by atomic mass is 9.45. The third-order valence-corrected chi connectivity index (χ3v) is 9.52. The second kappa shape index (κ2) is 8.31. The van der Waals surface area contributed by atoms with E-state index in [1.165, 1.54) is 18.4 Å². The molecule has 3 saturated carbocycles. The van der Waals surface area contributed by atoms with Crippen LogP contribution in [0.25, 0.3) is 0 Å². The zero-order valence-electron chi connectivity index (χ0n) is 19.5. The molecule has 0 spiro atoms. The van der Waals surface area contributed by atoms with Gasteiger partial charge in [0.25, 0.3) is 0 Å². The predicted octanol–water partition coefficient (Wildman–Crippen LogP) is 6.05. The molecule has 4 rings (SSSR count). The van der Waals surface area contributed by atoms with E-state index < -0.39 is 0 Å². The lowest BCUT2D eigenvalue weighted by Crippen LogP contribution is -2.54. The van der Waals surface area contributed by atoms with Crippen molar-refractivity contribution in [1.29, 1.82) is 0 Å². The van der Waals surface area contributed by atoms with Gasteiger partial charge < -0.3 is 10.1 Å². The topological polar surface area (TPSA) is 55.4 Å². The quantitative estimate of drug-likeness (QED) is 0.556. The molecule has 30 heavy (non-hydrogen) atoms. The number of carbonyl (C=O) groups is 2. The molecule has 0 radical (unpaired) electrons. The van der Waals surface area contributed by atoms with Crippen LogP contribution in [0.2, 0.25) is 0 Å². The molecular formula is C26H41NO3. The van der Waals surface area contributed by atoms with Crippen LogP contribution < -0.4 is 5.32 Å². The minimum atomic E-state index is -0.222. The van der Waals surface area contributed by atoms with Crippen molar-refractivity contribution in [1.82, 2.24) is 5.32 Å². The van der Waals surface area contributed by atoms with E-state index in [1.54, 1.807) is 0 Å². The summed E-state index contributed by atoms with van der Waals surface area (Å²) in [5.74, 6) is 2.90. The van der Waals surface area contributed by atoms with Crippen LogP contribution in [0, 0.1) is 34.5 Å². The summed E-state index contributed by atoms with van der Waals surface area (Å²) in [5.41, 5.74) is 1.72. The molecule has 3 fully saturated rings. The van der Waals surface area contributed by atoms with Crippen molar-refractivity contribution in [2.75, 3.05) is 6.54 Å². The van der Waals surface area contributed by atoms with Crippen molar-refractivity contribution in [3.8, 4) is 0 Å². The van der Waals surface area contributed by atoms with Crippen molar-refractivity contribution in [2.24, 2.45) is 34.5 Å². The number of hydrogen-bond acceptors (Lipinski definition) is 3. The average Bonchev–Trinajstić information content (AvgIpc) is 3.03. The highest BCUT2D eigenvalue weighted by atomic mass is 16.6. The summed E-state index contributed by atoms with van der Waals surface area (Å²) in [6.45, 7) is 10.1. The molecule has 0 saturated heterocycles. The minimum absolute atomic E-state index is 0.0412. The molecule has 7 atom stereocenters. The van der Waals surface area contributed by atoms with Crippen molar-refractivity contribution < 1.29 is 14.3 Å². The molecule has 4 aliphatic rings. The maximum atomic E-state index is 12.4. The molecule has 1 amide bonds. The van der Waals surface area contributed by atoms with Crippen molar-refractivity contribution in [3.63, 3.8) is 0 Å². The Bertz CT molecular complexity index is 715. The maximum absolute atomic E-state index is 12.4. The van der Waals surface area contributed by atoms with Gasteiger partial charge >= 0.3 is 6.09 Å². The summed E-state index contributed by atoms with van der Waals surface area (Å²) in [4.78, 5) is 24.5. The van der Waals surface area contributed by atoms with Crippen LogP contribution in [0.1, 0.15) is 91.9 Å².